The van der Waals surface area contributed by atoms with Crippen molar-refractivity contribution in [2.75, 3.05) is 13.2 Å². The largest absolute Gasteiger partial charge is 0.469 e. The number of carbonyl (C=O) groups is 1. The van der Waals surface area contributed by atoms with E-state index in [4.69, 9.17) is 9.15 Å². The highest BCUT2D eigenvalue weighted by atomic mass is 16.5. The molecular weight excluding hydrogens is 180 g/mol. The number of fused-ring (bicyclic) bond motifs is 1. The molecule has 0 N–H and O–H groups in total. The molecule has 1 saturated heterocycles. The molecule has 1 saturated carbocycles. The van der Waals surface area contributed by atoms with Crippen LogP contribution in [0.2, 0.25) is 0 Å². The molecule has 74 valence electrons. The van der Waals surface area contributed by atoms with Crippen molar-refractivity contribution in [3.63, 3.8) is 0 Å². The van der Waals surface area contributed by atoms with Gasteiger partial charge in [0, 0.05) is 0 Å². The molecule has 2 heterocycles. The maximum Gasteiger partial charge on any atom is 0.149 e. The van der Waals surface area contributed by atoms with E-state index in [1.165, 1.54) is 0 Å². The summed E-state index contributed by atoms with van der Waals surface area (Å²) >= 11 is 0. The average Bonchev–Trinajstić information content (AvgIpc) is 2.62. The van der Waals surface area contributed by atoms with Crippen LogP contribution in [-0.4, -0.2) is 19.0 Å². The lowest BCUT2D eigenvalue weighted by atomic mass is 9.97. The SMILES string of the molecule is O=C(Cc1ccco1)C12COCC1C2. The lowest BCUT2D eigenvalue weighted by Crippen LogP contribution is -2.21. The van der Waals surface area contributed by atoms with Crippen molar-refractivity contribution in [1.29, 1.82) is 0 Å². The zero-order valence-corrected chi connectivity index (χ0v) is 7.86. The first kappa shape index (κ1) is 8.24. The van der Waals surface area contributed by atoms with Gasteiger partial charge in [-0.25, -0.2) is 0 Å². The first-order valence-corrected chi connectivity index (χ1v) is 4.95. The Hall–Kier alpha value is -1.09. The fourth-order valence-corrected chi connectivity index (χ4v) is 2.33. The third-order valence-electron chi connectivity index (χ3n) is 3.38. The second kappa shape index (κ2) is 2.70. The minimum Gasteiger partial charge on any atom is -0.469 e. The second-order valence-electron chi connectivity index (χ2n) is 4.25. The zero-order chi connectivity index (χ0) is 9.60. The molecule has 1 aromatic heterocycles. The molecule has 0 radical (unpaired) electrons. The van der Waals surface area contributed by atoms with Crippen LogP contribution in [0.3, 0.4) is 0 Å². The Bertz CT molecular complexity index is 355. The van der Waals surface area contributed by atoms with Crippen LogP contribution in [0.25, 0.3) is 0 Å². The van der Waals surface area contributed by atoms with Gasteiger partial charge in [-0.05, 0) is 24.5 Å². The Morgan fingerprint density at radius 1 is 1.64 bits per heavy atom. The van der Waals surface area contributed by atoms with Crippen LogP contribution in [0.4, 0.5) is 0 Å². The zero-order valence-electron chi connectivity index (χ0n) is 7.86. The van der Waals surface area contributed by atoms with E-state index < -0.39 is 0 Å². The minimum absolute atomic E-state index is 0.132. The van der Waals surface area contributed by atoms with Crippen LogP contribution >= 0.6 is 0 Å². The first-order chi connectivity index (χ1) is 6.81. The first-order valence-electron chi connectivity index (χ1n) is 4.95. The summed E-state index contributed by atoms with van der Waals surface area (Å²) in [6.07, 6.45) is 3.05. The van der Waals surface area contributed by atoms with E-state index in [9.17, 15) is 4.79 Å². The van der Waals surface area contributed by atoms with E-state index >= 15 is 0 Å². The summed E-state index contributed by atoms with van der Waals surface area (Å²) in [6.45, 7) is 1.39. The molecule has 2 fully saturated rings. The smallest absolute Gasteiger partial charge is 0.149 e. The molecule has 3 rings (SSSR count). The highest BCUT2D eigenvalue weighted by molar-refractivity contribution is 5.90. The topological polar surface area (TPSA) is 39.4 Å². The Labute approximate surface area is 82.0 Å². The molecule has 1 aromatic rings. The second-order valence-corrected chi connectivity index (χ2v) is 4.25. The number of ketones is 1. The van der Waals surface area contributed by atoms with Gasteiger partial charge in [-0.3, -0.25) is 4.79 Å². The molecule has 3 nitrogen and oxygen atoms in total. The lowest BCUT2D eigenvalue weighted by Gasteiger charge is -2.07. The van der Waals surface area contributed by atoms with Crippen LogP contribution in [0.15, 0.2) is 22.8 Å². The lowest BCUT2D eigenvalue weighted by molar-refractivity contribution is -0.124. The van der Waals surface area contributed by atoms with Gasteiger partial charge in [-0.15, -0.1) is 0 Å². The summed E-state index contributed by atoms with van der Waals surface area (Å²) in [5, 5.41) is 0. The molecule has 0 aromatic carbocycles. The van der Waals surface area contributed by atoms with Crippen molar-refractivity contribution < 1.29 is 13.9 Å². The molecular formula is C11H12O3. The molecule has 3 heteroatoms. The van der Waals surface area contributed by atoms with Crippen LogP contribution < -0.4 is 0 Å². The normalized spacial score (nSPS) is 34.1. The molecule has 0 bridgehead atoms. The molecule has 0 amide bonds. The number of furan rings is 1. The molecule has 0 spiro atoms. The summed E-state index contributed by atoms with van der Waals surface area (Å²) < 4.78 is 10.5. The average molecular weight is 192 g/mol. The fraction of sp³-hybridized carbons (Fsp3) is 0.545. The van der Waals surface area contributed by atoms with Crippen LogP contribution in [-0.2, 0) is 16.0 Å². The number of hydrogen-bond donors (Lipinski definition) is 0. The van der Waals surface area contributed by atoms with Gasteiger partial charge in [0.25, 0.3) is 0 Å². The summed E-state index contributed by atoms with van der Waals surface area (Å²) in [7, 11) is 0. The maximum absolute atomic E-state index is 11.9. The van der Waals surface area contributed by atoms with Gasteiger partial charge in [-0.1, -0.05) is 0 Å². The fourth-order valence-electron chi connectivity index (χ4n) is 2.33. The van der Waals surface area contributed by atoms with E-state index in [-0.39, 0.29) is 11.2 Å². The van der Waals surface area contributed by atoms with E-state index in [0.29, 0.717) is 18.9 Å². The minimum atomic E-state index is -0.132. The van der Waals surface area contributed by atoms with Gasteiger partial charge in [-0.2, -0.15) is 0 Å². The van der Waals surface area contributed by atoms with Gasteiger partial charge in [0.05, 0.1) is 31.3 Å². The molecule has 2 atom stereocenters. The van der Waals surface area contributed by atoms with Crippen LogP contribution in [0.5, 0.6) is 0 Å². The van der Waals surface area contributed by atoms with Gasteiger partial charge in [0.2, 0.25) is 0 Å². The molecule has 14 heavy (non-hydrogen) atoms. The third kappa shape index (κ3) is 1.05. The van der Waals surface area contributed by atoms with E-state index in [0.717, 1.165) is 18.8 Å². The third-order valence-corrected chi connectivity index (χ3v) is 3.38. The number of carbonyl (C=O) groups excluding carboxylic acids is 1. The number of ether oxygens (including phenoxy) is 1. The quantitative estimate of drug-likeness (QED) is 0.727. The summed E-state index contributed by atoms with van der Waals surface area (Å²) in [6, 6.07) is 3.66. The monoisotopic (exact) mass is 192 g/mol. The molecule has 1 aliphatic carbocycles. The number of Topliss-reactive ketones (excluding diaryl/α,β-unsaturated/α-hetero) is 1. The predicted octanol–water partition coefficient (Wildman–Crippen LogP) is 1.43. The van der Waals surface area contributed by atoms with E-state index in [1.807, 2.05) is 12.1 Å². The van der Waals surface area contributed by atoms with Crippen molar-refractivity contribution in [3.05, 3.63) is 24.2 Å². The Kier molecular flexibility index (Phi) is 1.59. The highest BCUT2D eigenvalue weighted by Crippen LogP contribution is 2.57. The molecule has 2 unspecified atom stereocenters. The van der Waals surface area contributed by atoms with Gasteiger partial charge < -0.3 is 9.15 Å². The Balaban J connectivity index is 1.72. The maximum atomic E-state index is 11.9. The van der Waals surface area contributed by atoms with Crippen molar-refractivity contribution in [2.24, 2.45) is 11.3 Å². The number of rotatable bonds is 3. The summed E-state index contributed by atoms with van der Waals surface area (Å²) in [4.78, 5) is 11.9. The van der Waals surface area contributed by atoms with Crippen molar-refractivity contribution in [2.45, 2.75) is 12.8 Å². The number of hydrogen-bond acceptors (Lipinski definition) is 3. The highest BCUT2D eigenvalue weighted by Gasteiger charge is 2.62. The predicted molar refractivity (Wildman–Crippen MR) is 48.8 cm³/mol. The van der Waals surface area contributed by atoms with Crippen molar-refractivity contribution in [1.82, 2.24) is 0 Å². The Morgan fingerprint density at radius 3 is 3.14 bits per heavy atom. The van der Waals surface area contributed by atoms with Crippen LogP contribution in [0, 0.1) is 11.3 Å². The van der Waals surface area contributed by atoms with E-state index in [1.54, 1.807) is 6.26 Å². The van der Waals surface area contributed by atoms with Crippen LogP contribution in [0.1, 0.15) is 12.2 Å². The Morgan fingerprint density at radius 2 is 2.57 bits per heavy atom. The standard InChI is InChI=1S/C11H12O3/c12-10(4-9-2-1-3-14-9)11-5-8(11)6-13-7-11/h1-3,8H,4-7H2. The van der Waals surface area contributed by atoms with Gasteiger partial charge in [0.1, 0.15) is 11.5 Å². The van der Waals surface area contributed by atoms with Gasteiger partial charge >= 0.3 is 0 Å². The summed E-state index contributed by atoms with van der Waals surface area (Å²) in [5.41, 5.74) is -0.132. The molecule has 2 aliphatic rings. The van der Waals surface area contributed by atoms with Gasteiger partial charge in [0.15, 0.2) is 0 Å². The van der Waals surface area contributed by atoms with E-state index in [2.05, 4.69) is 0 Å². The summed E-state index contributed by atoms with van der Waals surface area (Å²) in [5.74, 6) is 1.54. The van der Waals surface area contributed by atoms with Crippen molar-refractivity contribution >= 4 is 5.78 Å². The molecule has 1 aliphatic heterocycles. The van der Waals surface area contributed by atoms with Crippen molar-refractivity contribution in [3.8, 4) is 0 Å².